The van der Waals surface area contributed by atoms with Crippen LogP contribution in [0, 0.1) is 0 Å². The SMILES string of the molecule is [B]c1cnn2c(NCc3cccc(Cl)c3)cc(-c3ccccc3Cl)nc12. The lowest BCUT2D eigenvalue weighted by Gasteiger charge is -2.12. The van der Waals surface area contributed by atoms with E-state index >= 15 is 0 Å². The molecule has 126 valence electrons. The molecule has 26 heavy (non-hydrogen) atoms. The first-order valence-corrected chi connectivity index (χ1v) is 8.75. The van der Waals surface area contributed by atoms with Crippen molar-refractivity contribution in [2.75, 3.05) is 5.32 Å². The summed E-state index contributed by atoms with van der Waals surface area (Å²) in [6.45, 7) is 0.585. The maximum atomic E-state index is 6.34. The Hall–Kier alpha value is -2.50. The van der Waals surface area contributed by atoms with Crippen LogP contribution in [0.3, 0.4) is 0 Å². The van der Waals surface area contributed by atoms with Crippen molar-refractivity contribution < 1.29 is 0 Å². The molecule has 0 aliphatic carbocycles. The Balaban J connectivity index is 1.77. The van der Waals surface area contributed by atoms with Crippen LogP contribution in [0.1, 0.15) is 5.56 Å². The van der Waals surface area contributed by atoms with E-state index in [1.54, 1.807) is 10.7 Å². The molecule has 0 amide bonds. The van der Waals surface area contributed by atoms with E-state index in [9.17, 15) is 0 Å². The maximum absolute atomic E-state index is 6.34. The molecule has 0 spiro atoms. The van der Waals surface area contributed by atoms with Gasteiger partial charge >= 0.3 is 0 Å². The molecule has 4 nitrogen and oxygen atoms in total. The minimum absolute atomic E-state index is 0.504. The van der Waals surface area contributed by atoms with Crippen LogP contribution in [0.4, 0.5) is 5.82 Å². The fraction of sp³-hybridized carbons (Fsp3) is 0.0526. The van der Waals surface area contributed by atoms with Crippen molar-refractivity contribution >= 4 is 48.0 Å². The Labute approximate surface area is 162 Å². The molecule has 4 aromatic rings. The van der Waals surface area contributed by atoms with Crippen LogP contribution in [0.2, 0.25) is 10.0 Å². The molecule has 0 aliphatic heterocycles. The molecule has 0 unspecified atom stereocenters. The first kappa shape index (κ1) is 16.9. The molecule has 2 aromatic heterocycles. The van der Waals surface area contributed by atoms with Gasteiger partial charge in [0, 0.05) is 34.4 Å². The highest BCUT2D eigenvalue weighted by atomic mass is 35.5. The summed E-state index contributed by atoms with van der Waals surface area (Å²) in [5.41, 5.74) is 3.70. The fourth-order valence-electron chi connectivity index (χ4n) is 2.75. The molecule has 0 bridgehead atoms. The first-order chi connectivity index (χ1) is 12.6. The van der Waals surface area contributed by atoms with Crippen molar-refractivity contribution in [3.8, 4) is 11.3 Å². The predicted octanol–water partition coefficient (Wildman–Crippen LogP) is 4.11. The third kappa shape index (κ3) is 3.28. The molecular weight excluding hydrogens is 366 g/mol. The lowest BCUT2D eigenvalue weighted by atomic mass is 10.0. The first-order valence-electron chi connectivity index (χ1n) is 7.99. The molecule has 7 heteroatoms. The van der Waals surface area contributed by atoms with Crippen molar-refractivity contribution in [3.05, 3.63) is 76.4 Å². The number of aromatic nitrogens is 3. The minimum Gasteiger partial charge on any atom is -0.366 e. The molecule has 2 heterocycles. The second kappa shape index (κ2) is 7.02. The topological polar surface area (TPSA) is 42.2 Å². The summed E-state index contributed by atoms with van der Waals surface area (Å²) in [6.07, 6.45) is 1.59. The fourth-order valence-corrected chi connectivity index (χ4v) is 3.20. The van der Waals surface area contributed by atoms with E-state index in [1.807, 2.05) is 54.6 Å². The van der Waals surface area contributed by atoms with E-state index in [1.165, 1.54) is 0 Å². The average molecular weight is 379 g/mol. The van der Waals surface area contributed by atoms with Gasteiger partial charge in [0.05, 0.1) is 5.69 Å². The van der Waals surface area contributed by atoms with Gasteiger partial charge in [0.25, 0.3) is 0 Å². The van der Waals surface area contributed by atoms with Crippen LogP contribution in [0.25, 0.3) is 16.9 Å². The average Bonchev–Trinajstić information content (AvgIpc) is 3.01. The third-order valence-electron chi connectivity index (χ3n) is 4.01. The van der Waals surface area contributed by atoms with Crippen molar-refractivity contribution in [2.24, 2.45) is 0 Å². The highest BCUT2D eigenvalue weighted by Gasteiger charge is 2.12. The standard InChI is InChI=1S/C19H13BCl2N4/c20-15-11-24-26-18(23-10-12-4-3-5-13(21)8-12)9-17(25-19(15)26)14-6-1-2-7-16(14)22/h1-9,11,23H,10H2. The van der Waals surface area contributed by atoms with Gasteiger partial charge in [-0.2, -0.15) is 9.61 Å². The molecule has 2 aromatic carbocycles. The zero-order valence-electron chi connectivity index (χ0n) is 13.7. The number of fused-ring (bicyclic) bond motifs is 1. The van der Waals surface area contributed by atoms with Crippen LogP contribution >= 0.6 is 23.2 Å². The second-order valence-corrected chi connectivity index (χ2v) is 6.67. The summed E-state index contributed by atoms with van der Waals surface area (Å²) in [6, 6.07) is 17.2. The third-order valence-corrected chi connectivity index (χ3v) is 4.58. The molecular formula is C19H13BCl2N4. The number of anilines is 1. The number of rotatable bonds is 4. The van der Waals surface area contributed by atoms with E-state index in [0.717, 1.165) is 22.6 Å². The van der Waals surface area contributed by atoms with Gasteiger partial charge in [0.15, 0.2) is 5.65 Å². The number of benzene rings is 2. The molecule has 0 atom stereocenters. The number of nitrogens with one attached hydrogen (secondary N) is 1. The van der Waals surface area contributed by atoms with Crippen LogP contribution in [0.15, 0.2) is 60.8 Å². The van der Waals surface area contributed by atoms with Crippen LogP contribution in [-0.2, 0) is 6.54 Å². The summed E-state index contributed by atoms with van der Waals surface area (Å²) in [5, 5.41) is 9.02. The minimum atomic E-state index is 0.504. The Morgan fingerprint density at radius 3 is 2.69 bits per heavy atom. The zero-order chi connectivity index (χ0) is 18.1. The molecule has 2 radical (unpaired) electrons. The van der Waals surface area contributed by atoms with E-state index in [2.05, 4.69) is 15.4 Å². The van der Waals surface area contributed by atoms with Crippen molar-refractivity contribution in [3.63, 3.8) is 0 Å². The highest BCUT2D eigenvalue weighted by Crippen LogP contribution is 2.28. The molecule has 0 aliphatic rings. The molecule has 0 fully saturated rings. The van der Waals surface area contributed by atoms with E-state index < -0.39 is 0 Å². The number of hydrogen-bond donors (Lipinski definition) is 1. The lowest BCUT2D eigenvalue weighted by Crippen LogP contribution is -2.09. The van der Waals surface area contributed by atoms with Crippen molar-refractivity contribution in [1.29, 1.82) is 0 Å². The molecule has 1 N–H and O–H groups in total. The van der Waals surface area contributed by atoms with Crippen LogP contribution in [0.5, 0.6) is 0 Å². The van der Waals surface area contributed by atoms with Gasteiger partial charge in [0.2, 0.25) is 0 Å². The van der Waals surface area contributed by atoms with Gasteiger partial charge < -0.3 is 5.32 Å². The zero-order valence-corrected chi connectivity index (χ0v) is 15.2. The second-order valence-electron chi connectivity index (χ2n) is 5.83. The van der Waals surface area contributed by atoms with Gasteiger partial charge in [-0.1, -0.05) is 53.5 Å². The van der Waals surface area contributed by atoms with Gasteiger partial charge in [-0.15, -0.1) is 0 Å². The van der Waals surface area contributed by atoms with E-state index in [-0.39, 0.29) is 0 Å². The van der Waals surface area contributed by atoms with Gasteiger partial charge in [-0.3, -0.25) is 0 Å². The summed E-state index contributed by atoms with van der Waals surface area (Å²) < 4.78 is 1.68. The smallest absolute Gasteiger partial charge is 0.150 e. The largest absolute Gasteiger partial charge is 0.366 e. The van der Waals surface area contributed by atoms with Gasteiger partial charge in [0.1, 0.15) is 13.7 Å². The lowest BCUT2D eigenvalue weighted by molar-refractivity contribution is 0.927. The molecule has 0 saturated carbocycles. The van der Waals surface area contributed by atoms with Crippen LogP contribution < -0.4 is 10.8 Å². The molecule has 4 rings (SSSR count). The Bertz CT molecular complexity index is 1090. The number of nitrogens with zero attached hydrogens (tertiary/aromatic N) is 3. The van der Waals surface area contributed by atoms with Crippen LogP contribution in [-0.4, -0.2) is 22.4 Å². The van der Waals surface area contributed by atoms with Crippen molar-refractivity contribution in [2.45, 2.75) is 6.54 Å². The Kier molecular flexibility index (Phi) is 4.58. The number of halogens is 2. The normalized spacial score (nSPS) is 11.0. The molecule has 0 saturated heterocycles. The van der Waals surface area contributed by atoms with E-state index in [0.29, 0.717) is 27.7 Å². The van der Waals surface area contributed by atoms with E-state index in [4.69, 9.17) is 31.0 Å². The van der Waals surface area contributed by atoms with Crippen molar-refractivity contribution in [1.82, 2.24) is 14.6 Å². The quantitative estimate of drug-likeness (QED) is 0.543. The summed E-state index contributed by atoms with van der Waals surface area (Å²) in [4.78, 5) is 4.63. The summed E-state index contributed by atoms with van der Waals surface area (Å²) >= 11 is 12.4. The van der Waals surface area contributed by atoms with Gasteiger partial charge in [-0.05, 0) is 29.2 Å². The predicted molar refractivity (Wildman–Crippen MR) is 108 cm³/mol. The Morgan fingerprint density at radius 1 is 1.04 bits per heavy atom. The Morgan fingerprint density at radius 2 is 1.88 bits per heavy atom. The monoisotopic (exact) mass is 378 g/mol. The number of hydrogen-bond acceptors (Lipinski definition) is 3. The summed E-state index contributed by atoms with van der Waals surface area (Å²) in [7, 11) is 6.03. The summed E-state index contributed by atoms with van der Waals surface area (Å²) in [5.74, 6) is 0.765. The van der Waals surface area contributed by atoms with Gasteiger partial charge in [-0.25, -0.2) is 4.98 Å². The highest BCUT2D eigenvalue weighted by molar-refractivity contribution is 6.36. The maximum Gasteiger partial charge on any atom is 0.150 e.